The van der Waals surface area contributed by atoms with E-state index in [1.165, 1.54) is 25.9 Å². The predicted octanol–water partition coefficient (Wildman–Crippen LogP) is 1.63. The maximum absolute atomic E-state index is 9.70. The van der Waals surface area contributed by atoms with Gasteiger partial charge in [0.25, 0.3) is 0 Å². The minimum absolute atomic E-state index is 0.249. The Morgan fingerprint density at radius 1 is 1.46 bits per heavy atom. The lowest BCUT2D eigenvalue weighted by Crippen LogP contribution is -2.36. The van der Waals surface area contributed by atoms with Gasteiger partial charge in [-0.15, -0.1) is 0 Å². The first kappa shape index (κ1) is 9.47. The van der Waals surface area contributed by atoms with Gasteiger partial charge in [0.05, 0.1) is 5.60 Å². The van der Waals surface area contributed by atoms with Gasteiger partial charge in [-0.25, -0.2) is 0 Å². The van der Waals surface area contributed by atoms with Crippen LogP contribution in [0.2, 0.25) is 0 Å². The van der Waals surface area contributed by atoms with E-state index < -0.39 is 0 Å². The van der Waals surface area contributed by atoms with Crippen molar-refractivity contribution in [1.82, 2.24) is 4.90 Å². The molecule has 1 saturated heterocycles. The fraction of sp³-hybridized carbons (Fsp3) is 1.00. The van der Waals surface area contributed by atoms with Crippen molar-refractivity contribution in [2.45, 2.75) is 44.6 Å². The molecule has 76 valence electrons. The fourth-order valence-corrected chi connectivity index (χ4v) is 2.25. The topological polar surface area (TPSA) is 23.5 Å². The van der Waals surface area contributed by atoms with Crippen molar-refractivity contribution in [2.24, 2.45) is 5.92 Å². The van der Waals surface area contributed by atoms with Crippen LogP contribution in [0.3, 0.4) is 0 Å². The lowest BCUT2D eigenvalue weighted by Gasteiger charge is -2.31. The number of hydrogen-bond acceptors (Lipinski definition) is 2. The van der Waals surface area contributed by atoms with Crippen LogP contribution in [0.4, 0.5) is 0 Å². The van der Waals surface area contributed by atoms with Crippen molar-refractivity contribution in [1.29, 1.82) is 0 Å². The van der Waals surface area contributed by atoms with Gasteiger partial charge in [-0.1, -0.05) is 6.92 Å². The van der Waals surface area contributed by atoms with Crippen LogP contribution in [0.5, 0.6) is 0 Å². The van der Waals surface area contributed by atoms with E-state index in [1.54, 1.807) is 0 Å². The molecule has 2 fully saturated rings. The minimum atomic E-state index is -0.249. The van der Waals surface area contributed by atoms with Gasteiger partial charge < -0.3 is 10.0 Å². The van der Waals surface area contributed by atoms with Gasteiger partial charge >= 0.3 is 0 Å². The summed E-state index contributed by atoms with van der Waals surface area (Å²) in [7, 11) is 0. The SMILES string of the molecule is CC1CCCN(CCC2(O)CC2)C1. The largest absolute Gasteiger partial charge is 0.390 e. The standard InChI is InChI=1S/C11H21NO/c1-10-3-2-7-12(9-10)8-6-11(13)4-5-11/h10,13H,2-9H2,1H3. The average molecular weight is 183 g/mol. The van der Waals surface area contributed by atoms with E-state index in [9.17, 15) is 5.11 Å². The molecule has 2 rings (SSSR count). The highest BCUT2D eigenvalue weighted by molar-refractivity contribution is 4.93. The van der Waals surface area contributed by atoms with Crippen LogP contribution in [0.15, 0.2) is 0 Å². The molecule has 0 amide bonds. The Hall–Kier alpha value is -0.0800. The summed E-state index contributed by atoms with van der Waals surface area (Å²) in [6.07, 6.45) is 5.81. The Kier molecular flexibility index (Phi) is 2.61. The van der Waals surface area contributed by atoms with E-state index in [0.717, 1.165) is 31.7 Å². The van der Waals surface area contributed by atoms with Gasteiger partial charge in [0.2, 0.25) is 0 Å². The van der Waals surface area contributed by atoms with E-state index in [2.05, 4.69) is 11.8 Å². The molecule has 1 aliphatic heterocycles. The highest BCUT2D eigenvalue weighted by atomic mass is 16.3. The lowest BCUT2D eigenvalue weighted by atomic mass is 10.00. The zero-order chi connectivity index (χ0) is 9.31. The zero-order valence-electron chi connectivity index (χ0n) is 8.63. The summed E-state index contributed by atoms with van der Waals surface area (Å²) in [6.45, 7) is 5.94. The monoisotopic (exact) mass is 183 g/mol. The van der Waals surface area contributed by atoms with E-state index in [4.69, 9.17) is 0 Å². The number of rotatable bonds is 3. The molecule has 2 heteroatoms. The second-order valence-corrected chi connectivity index (χ2v) is 5.02. The van der Waals surface area contributed by atoms with E-state index in [0.29, 0.717) is 0 Å². The molecule has 1 atom stereocenters. The molecule has 0 aromatic heterocycles. The predicted molar refractivity (Wildman–Crippen MR) is 53.6 cm³/mol. The van der Waals surface area contributed by atoms with Gasteiger partial charge in [0.15, 0.2) is 0 Å². The summed E-state index contributed by atoms with van der Waals surface area (Å²) < 4.78 is 0. The van der Waals surface area contributed by atoms with Gasteiger partial charge in [-0.3, -0.25) is 0 Å². The highest BCUT2D eigenvalue weighted by Crippen LogP contribution is 2.38. The van der Waals surface area contributed by atoms with Gasteiger partial charge in [-0.2, -0.15) is 0 Å². The lowest BCUT2D eigenvalue weighted by molar-refractivity contribution is 0.104. The molecule has 2 nitrogen and oxygen atoms in total. The number of nitrogens with zero attached hydrogens (tertiary/aromatic N) is 1. The maximum Gasteiger partial charge on any atom is 0.0662 e. The molecule has 1 N–H and O–H groups in total. The van der Waals surface area contributed by atoms with Crippen LogP contribution < -0.4 is 0 Å². The van der Waals surface area contributed by atoms with Gasteiger partial charge in [0, 0.05) is 13.1 Å². The Morgan fingerprint density at radius 2 is 2.23 bits per heavy atom. The van der Waals surface area contributed by atoms with Crippen molar-refractivity contribution < 1.29 is 5.11 Å². The van der Waals surface area contributed by atoms with E-state index in [-0.39, 0.29) is 5.60 Å². The van der Waals surface area contributed by atoms with Crippen molar-refractivity contribution in [3.8, 4) is 0 Å². The molecule has 2 aliphatic rings. The van der Waals surface area contributed by atoms with E-state index >= 15 is 0 Å². The summed E-state index contributed by atoms with van der Waals surface area (Å²) in [4.78, 5) is 2.52. The number of likely N-dealkylation sites (tertiary alicyclic amines) is 1. The molecule has 0 radical (unpaired) electrons. The third-order valence-corrected chi connectivity index (χ3v) is 3.46. The van der Waals surface area contributed by atoms with Crippen molar-refractivity contribution in [3.63, 3.8) is 0 Å². The highest BCUT2D eigenvalue weighted by Gasteiger charge is 2.40. The second kappa shape index (κ2) is 3.58. The normalized spacial score (nSPS) is 33.2. The number of piperidine rings is 1. The van der Waals surface area contributed by atoms with Crippen LogP contribution in [0.25, 0.3) is 0 Å². The number of hydrogen-bond donors (Lipinski definition) is 1. The van der Waals surface area contributed by atoms with Crippen LogP contribution in [-0.2, 0) is 0 Å². The Labute approximate surface area is 80.9 Å². The molecule has 0 spiro atoms. The number of aliphatic hydroxyl groups is 1. The Balaban J connectivity index is 1.68. The van der Waals surface area contributed by atoms with Crippen molar-refractivity contribution in [2.75, 3.05) is 19.6 Å². The molecule has 0 aromatic rings. The first-order valence-corrected chi connectivity index (χ1v) is 5.63. The summed E-state index contributed by atoms with van der Waals surface area (Å²) in [5, 5.41) is 9.70. The molecule has 1 heterocycles. The molecular weight excluding hydrogens is 162 g/mol. The van der Waals surface area contributed by atoms with Gasteiger partial charge in [0.1, 0.15) is 0 Å². The Morgan fingerprint density at radius 3 is 2.85 bits per heavy atom. The molecular formula is C11H21NO. The minimum Gasteiger partial charge on any atom is -0.390 e. The van der Waals surface area contributed by atoms with Crippen molar-refractivity contribution >= 4 is 0 Å². The summed E-state index contributed by atoms with van der Waals surface area (Å²) in [5.41, 5.74) is -0.249. The fourth-order valence-electron chi connectivity index (χ4n) is 2.25. The van der Waals surface area contributed by atoms with Crippen LogP contribution in [0.1, 0.15) is 39.0 Å². The third-order valence-electron chi connectivity index (χ3n) is 3.46. The van der Waals surface area contributed by atoms with Crippen molar-refractivity contribution in [3.05, 3.63) is 0 Å². The maximum atomic E-state index is 9.70. The van der Waals surface area contributed by atoms with Crippen LogP contribution in [-0.4, -0.2) is 35.2 Å². The van der Waals surface area contributed by atoms with Crippen LogP contribution >= 0.6 is 0 Å². The molecule has 1 saturated carbocycles. The molecule has 0 bridgehead atoms. The average Bonchev–Trinajstić information content (AvgIpc) is 2.82. The third kappa shape index (κ3) is 2.68. The zero-order valence-corrected chi connectivity index (χ0v) is 8.63. The smallest absolute Gasteiger partial charge is 0.0662 e. The summed E-state index contributed by atoms with van der Waals surface area (Å²) in [6, 6.07) is 0. The van der Waals surface area contributed by atoms with E-state index in [1.807, 2.05) is 0 Å². The first-order chi connectivity index (χ1) is 6.18. The van der Waals surface area contributed by atoms with Crippen LogP contribution in [0, 0.1) is 5.92 Å². The molecule has 1 unspecified atom stereocenters. The quantitative estimate of drug-likeness (QED) is 0.719. The Bertz CT molecular complexity index is 177. The molecule has 0 aromatic carbocycles. The second-order valence-electron chi connectivity index (χ2n) is 5.02. The molecule has 13 heavy (non-hydrogen) atoms. The first-order valence-electron chi connectivity index (χ1n) is 5.63. The molecule has 1 aliphatic carbocycles. The summed E-state index contributed by atoms with van der Waals surface area (Å²) >= 11 is 0. The summed E-state index contributed by atoms with van der Waals surface area (Å²) in [5.74, 6) is 0.864. The van der Waals surface area contributed by atoms with Gasteiger partial charge in [-0.05, 0) is 44.6 Å².